The van der Waals surface area contributed by atoms with E-state index in [4.69, 9.17) is 9.47 Å². The van der Waals surface area contributed by atoms with E-state index >= 15 is 0 Å². The second kappa shape index (κ2) is 10.1. The average Bonchev–Trinajstić information content (AvgIpc) is 2.78. The topological polar surface area (TPSA) is 85.4 Å². The molecule has 150 valence electrons. The van der Waals surface area contributed by atoms with Crippen LogP contribution in [0.15, 0.2) is 60.9 Å². The molecule has 0 aliphatic heterocycles. The van der Waals surface area contributed by atoms with Crippen LogP contribution in [0.2, 0.25) is 0 Å². The first-order valence-corrected chi connectivity index (χ1v) is 9.28. The molecule has 0 radical (unpaired) electrons. The fraction of sp³-hybridized carbons (Fsp3) is 0.227. The molecule has 2 heterocycles. The van der Waals surface area contributed by atoms with Crippen molar-refractivity contribution in [3.8, 4) is 11.5 Å². The van der Waals surface area contributed by atoms with Crippen LogP contribution in [0.3, 0.4) is 0 Å². The van der Waals surface area contributed by atoms with Gasteiger partial charge in [-0.2, -0.15) is 0 Å². The number of methoxy groups -OCH3 is 2. The molecule has 1 aromatic carbocycles. The highest BCUT2D eigenvalue weighted by molar-refractivity contribution is 5.94. The van der Waals surface area contributed by atoms with E-state index in [0.717, 1.165) is 11.3 Å². The van der Waals surface area contributed by atoms with Crippen LogP contribution in [-0.4, -0.2) is 36.6 Å². The van der Waals surface area contributed by atoms with E-state index in [1.807, 2.05) is 36.4 Å². The number of hydrogen-bond acceptors (Lipinski definition) is 6. The molecule has 0 fully saturated rings. The van der Waals surface area contributed by atoms with Gasteiger partial charge in [-0.05, 0) is 48.4 Å². The van der Waals surface area contributed by atoms with Gasteiger partial charge in [-0.25, -0.2) is 4.98 Å². The third kappa shape index (κ3) is 5.68. The maximum absolute atomic E-state index is 12.5. The maximum Gasteiger partial charge on any atom is 0.251 e. The first-order valence-electron chi connectivity index (χ1n) is 9.28. The standard InChI is InChI=1S/C22H24N4O3/c1-28-19-7-6-16(13-20(19)29-2)8-11-25-22(27)17-9-12-24-21(14-17)26-15-18-5-3-4-10-23-18/h3-7,9-10,12-14H,8,11,15H2,1-2H3,(H,24,26)(H,25,27). The average molecular weight is 392 g/mol. The summed E-state index contributed by atoms with van der Waals surface area (Å²) in [7, 11) is 3.21. The Morgan fingerprint density at radius 2 is 1.83 bits per heavy atom. The zero-order valence-corrected chi connectivity index (χ0v) is 16.5. The lowest BCUT2D eigenvalue weighted by Gasteiger charge is -2.10. The summed E-state index contributed by atoms with van der Waals surface area (Å²) in [4.78, 5) is 21.0. The molecule has 1 amide bonds. The quantitative estimate of drug-likeness (QED) is 0.582. The Kier molecular flexibility index (Phi) is 7.00. The molecule has 2 N–H and O–H groups in total. The lowest BCUT2D eigenvalue weighted by molar-refractivity contribution is 0.0954. The van der Waals surface area contributed by atoms with Crippen molar-refractivity contribution in [3.05, 3.63) is 77.7 Å². The first kappa shape index (κ1) is 20.1. The van der Waals surface area contributed by atoms with Crippen LogP contribution in [0.1, 0.15) is 21.6 Å². The number of amides is 1. The smallest absolute Gasteiger partial charge is 0.251 e. The van der Waals surface area contributed by atoms with Crippen molar-refractivity contribution in [2.24, 2.45) is 0 Å². The van der Waals surface area contributed by atoms with Gasteiger partial charge in [0.25, 0.3) is 5.91 Å². The Hall–Kier alpha value is -3.61. The Bertz CT molecular complexity index is 948. The van der Waals surface area contributed by atoms with Gasteiger partial charge in [-0.15, -0.1) is 0 Å². The van der Waals surface area contributed by atoms with E-state index in [0.29, 0.717) is 42.4 Å². The van der Waals surface area contributed by atoms with Crippen LogP contribution < -0.4 is 20.1 Å². The van der Waals surface area contributed by atoms with Gasteiger partial charge in [-0.3, -0.25) is 9.78 Å². The fourth-order valence-corrected chi connectivity index (χ4v) is 2.81. The van der Waals surface area contributed by atoms with E-state index in [1.165, 1.54) is 0 Å². The molecule has 0 saturated heterocycles. The Morgan fingerprint density at radius 3 is 2.59 bits per heavy atom. The molecule has 0 spiro atoms. The number of ether oxygens (including phenoxy) is 2. The van der Waals surface area contributed by atoms with Crippen molar-refractivity contribution in [1.82, 2.24) is 15.3 Å². The zero-order valence-electron chi connectivity index (χ0n) is 16.5. The molecule has 0 bridgehead atoms. The van der Waals surface area contributed by atoms with Gasteiger partial charge < -0.3 is 20.1 Å². The molecule has 7 heteroatoms. The molecule has 0 atom stereocenters. The first-order chi connectivity index (χ1) is 14.2. The van der Waals surface area contributed by atoms with E-state index < -0.39 is 0 Å². The third-order valence-electron chi connectivity index (χ3n) is 4.35. The van der Waals surface area contributed by atoms with Gasteiger partial charge in [0.1, 0.15) is 5.82 Å². The van der Waals surface area contributed by atoms with E-state index in [1.54, 1.807) is 38.7 Å². The summed E-state index contributed by atoms with van der Waals surface area (Å²) >= 11 is 0. The number of hydrogen-bond donors (Lipinski definition) is 2. The summed E-state index contributed by atoms with van der Waals surface area (Å²) in [6.45, 7) is 1.05. The van der Waals surface area contributed by atoms with E-state index in [9.17, 15) is 4.79 Å². The monoisotopic (exact) mass is 392 g/mol. The summed E-state index contributed by atoms with van der Waals surface area (Å²) in [6, 6.07) is 14.9. The summed E-state index contributed by atoms with van der Waals surface area (Å²) < 4.78 is 10.6. The fourth-order valence-electron chi connectivity index (χ4n) is 2.81. The number of anilines is 1. The Morgan fingerprint density at radius 1 is 0.966 bits per heavy atom. The van der Waals surface area contributed by atoms with Crippen LogP contribution in [-0.2, 0) is 13.0 Å². The van der Waals surface area contributed by atoms with Crippen LogP contribution >= 0.6 is 0 Å². The van der Waals surface area contributed by atoms with Crippen molar-refractivity contribution >= 4 is 11.7 Å². The summed E-state index contributed by atoms with van der Waals surface area (Å²) in [6.07, 6.45) is 4.04. The minimum Gasteiger partial charge on any atom is -0.493 e. The van der Waals surface area contributed by atoms with Gasteiger partial charge in [0.15, 0.2) is 11.5 Å². The molecule has 3 rings (SSSR count). The molecule has 2 aromatic heterocycles. The van der Waals surface area contributed by atoms with Crippen LogP contribution in [0, 0.1) is 0 Å². The van der Waals surface area contributed by atoms with Crippen LogP contribution in [0.4, 0.5) is 5.82 Å². The number of nitrogens with one attached hydrogen (secondary N) is 2. The highest BCUT2D eigenvalue weighted by Gasteiger charge is 2.08. The highest BCUT2D eigenvalue weighted by atomic mass is 16.5. The molecule has 3 aromatic rings. The van der Waals surface area contributed by atoms with Crippen molar-refractivity contribution < 1.29 is 14.3 Å². The minimum atomic E-state index is -0.145. The number of carbonyl (C=O) groups is 1. The van der Waals surface area contributed by atoms with Gasteiger partial charge in [-0.1, -0.05) is 12.1 Å². The number of carbonyl (C=O) groups excluding carboxylic acids is 1. The van der Waals surface area contributed by atoms with Crippen LogP contribution in [0.5, 0.6) is 11.5 Å². The van der Waals surface area contributed by atoms with Crippen molar-refractivity contribution in [1.29, 1.82) is 0 Å². The maximum atomic E-state index is 12.5. The number of pyridine rings is 2. The third-order valence-corrected chi connectivity index (χ3v) is 4.35. The summed E-state index contributed by atoms with van der Waals surface area (Å²) in [5.41, 5.74) is 2.50. The number of rotatable bonds is 9. The van der Waals surface area contributed by atoms with Gasteiger partial charge in [0, 0.05) is 24.5 Å². The molecular weight excluding hydrogens is 368 g/mol. The zero-order chi connectivity index (χ0) is 20.5. The van der Waals surface area contributed by atoms with Crippen molar-refractivity contribution in [3.63, 3.8) is 0 Å². The second-order valence-electron chi connectivity index (χ2n) is 6.30. The highest BCUT2D eigenvalue weighted by Crippen LogP contribution is 2.27. The lowest BCUT2D eigenvalue weighted by atomic mass is 10.1. The van der Waals surface area contributed by atoms with Crippen molar-refractivity contribution in [2.45, 2.75) is 13.0 Å². The van der Waals surface area contributed by atoms with Gasteiger partial charge in [0.05, 0.1) is 26.5 Å². The Labute approximate surface area is 170 Å². The summed E-state index contributed by atoms with van der Waals surface area (Å²) in [5, 5.41) is 6.12. The number of benzene rings is 1. The molecule has 0 aliphatic carbocycles. The van der Waals surface area contributed by atoms with Gasteiger partial charge >= 0.3 is 0 Å². The van der Waals surface area contributed by atoms with E-state index in [2.05, 4.69) is 20.6 Å². The molecular formula is C22H24N4O3. The van der Waals surface area contributed by atoms with Crippen LogP contribution in [0.25, 0.3) is 0 Å². The summed E-state index contributed by atoms with van der Waals surface area (Å²) in [5.74, 6) is 1.84. The number of aromatic nitrogens is 2. The minimum absolute atomic E-state index is 0.145. The SMILES string of the molecule is COc1ccc(CCNC(=O)c2ccnc(NCc3ccccn3)c2)cc1OC. The molecule has 29 heavy (non-hydrogen) atoms. The molecule has 7 nitrogen and oxygen atoms in total. The number of nitrogens with zero attached hydrogens (tertiary/aromatic N) is 2. The molecule has 0 aliphatic rings. The predicted molar refractivity (Wildman–Crippen MR) is 111 cm³/mol. The van der Waals surface area contributed by atoms with Crippen molar-refractivity contribution in [2.75, 3.05) is 26.1 Å². The predicted octanol–water partition coefficient (Wildman–Crippen LogP) is 3.08. The largest absolute Gasteiger partial charge is 0.493 e. The normalized spacial score (nSPS) is 10.3. The lowest BCUT2D eigenvalue weighted by Crippen LogP contribution is -2.25. The molecule has 0 saturated carbocycles. The molecule has 0 unspecified atom stereocenters. The van der Waals surface area contributed by atoms with E-state index in [-0.39, 0.29) is 5.91 Å². The Balaban J connectivity index is 1.53. The second-order valence-corrected chi connectivity index (χ2v) is 6.30. The van der Waals surface area contributed by atoms with Gasteiger partial charge in [0.2, 0.25) is 0 Å².